The van der Waals surface area contributed by atoms with Crippen LogP contribution in [0.1, 0.15) is 41.2 Å². The molecule has 0 unspecified atom stereocenters. The minimum absolute atomic E-state index is 0.00910. The minimum atomic E-state index is -0.0165. The number of aromatic nitrogens is 3. The standard InChI is InChI=1S/C22H27N5O3S2/c1-14-13-31-22(30)27(14)7-6-18(28)26-10-8-25(9-11-26)12-17-23-20(29)19-15-4-2-3-5-16(15)32-21(19)24-17/h13H,2-12H2,1H3,(H,23,24,29). The number of H-pyrrole nitrogens is 1. The Morgan fingerprint density at radius 1 is 1.16 bits per heavy atom. The van der Waals surface area contributed by atoms with Crippen molar-refractivity contribution in [3.05, 3.63) is 47.4 Å². The molecule has 3 aromatic heterocycles. The second-order valence-electron chi connectivity index (χ2n) is 8.61. The summed E-state index contributed by atoms with van der Waals surface area (Å²) in [5.74, 6) is 0.785. The highest BCUT2D eigenvalue weighted by Crippen LogP contribution is 2.33. The van der Waals surface area contributed by atoms with Gasteiger partial charge in [0.2, 0.25) is 5.91 Å². The van der Waals surface area contributed by atoms with E-state index in [1.807, 2.05) is 17.2 Å². The molecule has 0 saturated carbocycles. The third-order valence-corrected chi connectivity index (χ3v) is 8.56. The molecule has 0 bridgehead atoms. The van der Waals surface area contributed by atoms with Crippen molar-refractivity contribution in [2.24, 2.45) is 0 Å². The molecule has 0 aromatic carbocycles. The van der Waals surface area contributed by atoms with E-state index in [4.69, 9.17) is 4.98 Å². The molecule has 0 spiro atoms. The van der Waals surface area contributed by atoms with E-state index >= 15 is 0 Å². The largest absolute Gasteiger partial charge is 0.340 e. The van der Waals surface area contributed by atoms with Gasteiger partial charge in [-0.25, -0.2) is 4.98 Å². The van der Waals surface area contributed by atoms with Crippen molar-refractivity contribution < 1.29 is 4.79 Å². The molecule has 0 atom stereocenters. The van der Waals surface area contributed by atoms with Gasteiger partial charge in [-0.15, -0.1) is 11.3 Å². The van der Waals surface area contributed by atoms with Crippen LogP contribution < -0.4 is 10.4 Å². The van der Waals surface area contributed by atoms with Crippen molar-refractivity contribution in [1.82, 2.24) is 24.3 Å². The van der Waals surface area contributed by atoms with E-state index in [9.17, 15) is 14.4 Å². The van der Waals surface area contributed by atoms with Gasteiger partial charge in [-0.2, -0.15) is 0 Å². The van der Waals surface area contributed by atoms with E-state index < -0.39 is 0 Å². The Balaban J connectivity index is 1.19. The van der Waals surface area contributed by atoms with Crippen LogP contribution in [0.3, 0.4) is 0 Å². The number of carbonyl (C=O) groups is 1. The number of hydrogen-bond donors (Lipinski definition) is 1. The fourth-order valence-corrected chi connectivity index (χ4v) is 6.73. The number of carbonyl (C=O) groups excluding carboxylic acids is 1. The van der Waals surface area contributed by atoms with E-state index in [0.717, 1.165) is 48.3 Å². The van der Waals surface area contributed by atoms with Gasteiger partial charge in [-0.1, -0.05) is 11.3 Å². The lowest BCUT2D eigenvalue weighted by atomic mass is 9.97. The maximum absolute atomic E-state index is 12.7. The molecule has 170 valence electrons. The number of amides is 1. The summed E-state index contributed by atoms with van der Waals surface area (Å²) in [6.07, 6.45) is 4.72. The fraction of sp³-hybridized carbons (Fsp3) is 0.545. The second-order valence-corrected chi connectivity index (χ2v) is 10.5. The van der Waals surface area contributed by atoms with Gasteiger partial charge in [-0.3, -0.25) is 19.3 Å². The van der Waals surface area contributed by atoms with Crippen molar-refractivity contribution in [2.45, 2.75) is 52.1 Å². The molecule has 8 nitrogen and oxygen atoms in total. The van der Waals surface area contributed by atoms with Gasteiger partial charge in [0.15, 0.2) is 0 Å². The molecular weight excluding hydrogens is 446 g/mol. The lowest BCUT2D eigenvalue weighted by Gasteiger charge is -2.34. The first-order chi connectivity index (χ1) is 15.5. The van der Waals surface area contributed by atoms with Crippen molar-refractivity contribution in [2.75, 3.05) is 26.2 Å². The van der Waals surface area contributed by atoms with Gasteiger partial charge in [0.1, 0.15) is 10.7 Å². The summed E-state index contributed by atoms with van der Waals surface area (Å²) < 4.78 is 1.67. The molecule has 3 aromatic rings. The van der Waals surface area contributed by atoms with Crippen LogP contribution in [0.5, 0.6) is 0 Å². The van der Waals surface area contributed by atoms with Crippen molar-refractivity contribution >= 4 is 38.8 Å². The van der Waals surface area contributed by atoms with Crippen LogP contribution in [0.2, 0.25) is 0 Å². The predicted molar refractivity (Wildman–Crippen MR) is 127 cm³/mol. The number of nitrogens with zero attached hydrogens (tertiary/aromatic N) is 4. The minimum Gasteiger partial charge on any atom is -0.340 e. The zero-order chi connectivity index (χ0) is 22.2. The fourth-order valence-electron chi connectivity index (χ4n) is 4.69. The first kappa shape index (κ1) is 21.5. The summed E-state index contributed by atoms with van der Waals surface area (Å²) in [5.41, 5.74) is 2.10. The van der Waals surface area contributed by atoms with E-state index in [0.29, 0.717) is 38.4 Å². The van der Waals surface area contributed by atoms with Gasteiger partial charge in [0.05, 0.1) is 11.9 Å². The van der Waals surface area contributed by atoms with Crippen LogP contribution in [0.25, 0.3) is 10.2 Å². The number of aromatic amines is 1. The Bertz CT molecular complexity index is 1260. The van der Waals surface area contributed by atoms with Crippen LogP contribution >= 0.6 is 22.7 Å². The van der Waals surface area contributed by atoms with E-state index in [1.165, 1.54) is 28.2 Å². The Hall–Kier alpha value is -2.30. The number of thiophene rings is 1. The van der Waals surface area contributed by atoms with Gasteiger partial charge < -0.3 is 14.5 Å². The summed E-state index contributed by atoms with van der Waals surface area (Å²) in [5, 5.41) is 2.62. The Labute approximate surface area is 193 Å². The molecule has 1 aliphatic heterocycles. The van der Waals surface area contributed by atoms with Gasteiger partial charge in [0, 0.05) is 55.1 Å². The number of piperazine rings is 1. The van der Waals surface area contributed by atoms with Crippen molar-refractivity contribution in [3.63, 3.8) is 0 Å². The lowest BCUT2D eigenvalue weighted by molar-refractivity contribution is -0.133. The first-order valence-electron chi connectivity index (χ1n) is 11.2. The highest BCUT2D eigenvalue weighted by Gasteiger charge is 2.23. The summed E-state index contributed by atoms with van der Waals surface area (Å²) in [7, 11) is 0. The summed E-state index contributed by atoms with van der Waals surface area (Å²) in [4.78, 5) is 51.2. The SMILES string of the molecule is Cc1csc(=O)n1CCC(=O)N1CCN(Cc2nc3sc4c(c3c(=O)[nH]2)CCCC4)CC1. The molecular formula is C22H27N5O3S2. The van der Waals surface area contributed by atoms with Gasteiger partial charge >= 0.3 is 4.87 Å². The zero-order valence-corrected chi connectivity index (χ0v) is 19.8. The number of hydrogen-bond acceptors (Lipinski definition) is 7. The van der Waals surface area contributed by atoms with Gasteiger partial charge in [-0.05, 0) is 38.2 Å². The van der Waals surface area contributed by atoms with Gasteiger partial charge in [0.25, 0.3) is 5.56 Å². The molecule has 32 heavy (non-hydrogen) atoms. The topological polar surface area (TPSA) is 91.3 Å². The molecule has 1 aliphatic carbocycles. The Kier molecular flexibility index (Phi) is 6.00. The Morgan fingerprint density at radius 3 is 2.69 bits per heavy atom. The lowest BCUT2D eigenvalue weighted by Crippen LogP contribution is -2.48. The van der Waals surface area contributed by atoms with Crippen molar-refractivity contribution in [3.8, 4) is 0 Å². The quantitative estimate of drug-likeness (QED) is 0.613. The number of nitrogens with one attached hydrogen (secondary N) is 1. The number of thiazole rings is 1. The number of rotatable bonds is 5. The average molecular weight is 474 g/mol. The highest BCUT2D eigenvalue weighted by molar-refractivity contribution is 7.18. The Morgan fingerprint density at radius 2 is 1.94 bits per heavy atom. The van der Waals surface area contributed by atoms with Crippen LogP contribution in [0.15, 0.2) is 15.0 Å². The molecule has 1 saturated heterocycles. The summed E-state index contributed by atoms with van der Waals surface area (Å²) in [6, 6.07) is 0. The van der Waals surface area contributed by atoms with Crippen LogP contribution in [0.4, 0.5) is 0 Å². The van der Waals surface area contributed by atoms with Crippen molar-refractivity contribution in [1.29, 1.82) is 0 Å². The highest BCUT2D eigenvalue weighted by atomic mass is 32.1. The van der Waals surface area contributed by atoms with Crippen LogP contribution in [-0.4, -0.2) is 56.4 Å². The maximum Gasteiger partial charge on any atom is 0.307 e. The van der Waals surface area contributed by atoms with Crippen LogP contribution in [0, 0.1) is 6.92 Å². The molecule has 1 fully saturated rings. The second kappa shape index (κ2) is 8.92. The predicted octanol–water partition coefficient (Wildman–Crippen LogP) is 2.13. The monoisotopic (exact) mass is 473 g/mol. The zero-order valence-electron chi connectivity index (χ0n) is 18.2. The number of fused-ring (bicyclic) bond motifs is 3. The molecule has 2 aliphatic rings. The molecule has 5 rings (SSSR count). The maximum atomic E-state index is 12.7. The van der Waals surface area contributed by atoms with E-state index in [2.05, 4.69) is 9.88 Å². The van der Waals surface area contributed by atoms with Crippen LogP contribution in [-0.2, 0) is 30.7 Å². The summed E-state index contributed by atoms with van der Waals surface area (Å²) in [6.45, 7) is 5.69. The average Bonchev–Trinajstić information content (AvgIpc) is 3.32. The number of aryl methyl sites for hydroxylation is 3. The normalized spacial score (nSPS) is 17.1. The molecule has 1 amide bonds. The van der Waals surface area contributed by atoms with E-state index in [-0.39, 0.29) is 16.3 Å². The first-order valence-corrected chi connectivity index (χ1v) is 12.9. The third-order valence-electron chi connectivity index (χ3n) is 6.50. The smallest absolute Gasteiger partial charge is 0.307 e. The molecule has 4 heterocycles. The third kappa shape index (κ3) is 4.18. The molecule has 10 heteroatoms. The molecule has 0 radical (unpaired) electrons. The summed E-state index contributed by atoms with van der Waals surface area (Å²) >= 11 is 2.85. The van der Waals surface area contributed by atoms with E-state index in [1.54, 1.807) is 15.9 Å². The molecule has 1 N–H and O–H groups in total.